The van der Waals surface area contributed by atoms with E-state index in [9.17, 15) is 4.79 Å². The van der Waals surface area contributed by atoms with Gasteiger partial charge in [-0.1, -0.05) is 39.0 Å². The molecule has 4 aromatic rings. The van der Waals surface area contributed by atoms with Crippen molar-refractivity contribution < 1.29 is 4.79 Å². The number of rotatable bonds is 4. The van der Waals surface area contributed by atoms with Crippen molar-refractivity contribution >= 4 is 23.2 Å². The normalized spacial score (nSPS) is 16.3. The number of aromatic nitrogens is 4. The molecule has 33 heavy (non-hydrogen) atoms. The fourth-order valence-corrected chi connectivity index (χ4v) is 4.36. The van der Waals surface area contributed by atoms with E-state index in [0.29, 0.717) is 17.0 Å². The lowest BCUT2D eigenvalue weighted by Crippen LogP contribution is -2.24. The SMILES string of the molecule is CC(C)(C)c1ccc(C(=O)Nc2cn3nc(N4CCCC4c4cccnc4)ccc3n2)cc1. The van der Waals surface area contributed by atoms with Crippen LogP contribution in [0.4, 0.5) is 11.6 Å². The number of carbonyl (C=O) groups is 1. The number of benzene rings is 1. The van der Waals surface area contributed by atoms with Crippen LogP contribution in [0.25, 0.3) is 5.65 Å². The molecule has 7 nitrogen and oxygen atoms in total. The Morgan fingerprint density at radius 3 is 2.64 bits per heavy atom. The van der Waals surface area contributed by atoms with E-state index in [1.807, 2.05) is 48.7 Å². The van der Waals surface area contributed by atoms with Gasteiger partial charge in [-0.05, 0) is 59.7 Å². The van der Waals surface area contributed by atoms with Crippen LogP contribution in [0.2, 0.25) is 0 Å². The van der Waals surface area contributed by atoms with Crippen molar-refractivity contribution in [3.05, 3.63) is 83.8 Å². The summed E-state index contributed by atoms with van der Waals surface area (Å²) in [6, 6.07) is 16.0. The number of carbonyl (C=O) groups excluding carboxylic acids is 1. The first-order chi connectivity index (χ1) is 15.9. The second kappa shape index (κ2) is 8.31. The minimum absolute atomic E-state index is 0.0470. The summed E-state index contributed by atoms with van der Waals surface area (Å²) >= 11 is 0. The van der Waals surface area contributed by atoms with E-state index in [-0.39, 0.29) is 17.4 Å². The maximum Gasteiger partial charge on any atom is 0.256 e. The zero-order valence-electron chi connectivity index (χ0n) is 19.2. The Labute approximate surface area is 193 Å². The number of hydrogen-bond donors (Lipinski definition) is 1. The third-order valence-electron chi connectivity index (χ3n) is 6.18. The average molecular weight is 441 g/mol. The molecule has 0 bridgehead atoms. The van der Waals surface area contributed by atoms with Crippen molar-refractivity contribution in [2.45, 2.75) is 45.1 Å². The Balaban J connectivity index is 1.35. The number of amides is 1. The first-order valence-corrected chi connectivity index (χ1v) is 11.3. The van der Waals surface area contributed by atoms with Crippen molar-refractivity contribution in [3.8, 4) is 0 Å². The van der Waals surface area contributed by atoms with Crippen LogP contribution in [0.1, 0.15) is 61.1 Å². The van der Waals surface area contributed by atoms with Gasteiger partial charge in [0.25, 0.3) is 5.91 Å². The highest BCUT2D eigenvalue weighted by atomic mass is 16.1. The van der Waals surface area contributed by atoms with Gasteiger partial charge >= 0.3 is 0 Å². The molecule has 1 aliphatic heterocycles. The smallest absolute Gasteiger partial charge is 0.256 e. The topological polar surface area (TPSA) is 75.4 Å². The fourth-order valence-electron chi connectivity index (χ4n) is 4.36. The molecule has 7 heteroatoms. The van der Waals surface area contributed by atoms with Crippen molar-refractivity contribution in [1.29, 1.82) is 0 Å². The van der Waals surface area contributed by atoms with E-state index < -0.39 is 0 Å². The summed E-state index contributed by atoms with van der Waals surface area (Å²) in [7, 11) is 0. The molecule has 1 atom stereocenters. The zero-order chi connectivity index (χ0) is 23.0. The van der Waals surface area contributed by atoms with Crippen LogP contribution in [0.3, 0.4) is 0 Å². The second-order valence-electron chi connectivity index (χ2n) is 9.54. The molecule has 1 amide bonds. The standard InChI is InChI=1S/C26H28N6O/c1-26(2,3)20-10-8-18(9-11-20)25(33)29-22-17-32-23(28-22)12-13-24(30-32)31-15-5-7-21(31)19-6-4-14-27-16-19/h4,6,8-14,16-17,21H,5,7,15H2,1-3H3,(H,29,33). The minimum Gasteiger partial charge on any atom is -0.348 e. The van der Waals surface area contributed by atoms with E-state index in [1.54, 1.807) is 16.9 Å². The monoisotopic (exact) mass is 440 g/mol. The molecule has 1 N–H and O–H groups in total. The predicted octanol–water partition coefficient (Wildman–Crippen LogP) is 5.02. The predicted molar refractivity (Wildman–Crippen MR) is 130 cm³/mol. The first kappa shape index (κ1) is 21.1. The number of imidazole rings is 1. The molecule has 0 radical (unpaired) electrons. The van der Waals surface area contributed by atoms with Gasteiger partial charge in [0, 0.05) is 24.5 Å². The summed E-state index contributed by atoms with van der Waals surface area (Å²) in [4.78, 5) is 23.8. The van der Waals surface area contributed by atoms with Gasteiger partial charge in [0.1, 0.15) is 5.82 Å². The van der Waals surface area contributed by atoms with Gasteiger partial charge in [0.2, 0.25) is 0 Å². The highest BCUT2D eigenvalue weighted by molar-refractivity contribution is 6.03. The largest absolute Gasteiger partial charge is 0.348 e. The third-order valence-corrected chi connectivity index (χ3v) is 6.18. The maximum atomic E-state index is 12.7. The van der Waals surface area contributed by atoms with Gasteiger partial charge < -0.3 is 10.2 Å². The number of hydrogen-bond acceptors (Lipinski definition) is 5. The molecule has 1 saturated heterocycles. The van der Waals surface area contributed by atoms with E-state index in [1.165, 1.54) is 11.1 Å². The van der Waals surface area contributed by atoms with E-state index in [0.717, 1.165) is 25.2 Å². The van der Waals surface area contributed by atoms with Crippen LogP contribution < -0.4 is 10.2 Å². The fraction of sp³-hybridized carbons (Fsp3) is 0.308. The van der Waals surface area contributed by atoms with Crippen LogP contribution in [-0.2, 0) is 5.41 Å². The molecular weight excluding hydrogens is 412 g/mol. The van der Waals surface area contributed by atoms with Gasteiger partial charge in [-0.2, -0.15) is 0 Å². The molecule has 1 unspecified atom stereocenters. The lowest BCUT2D eigenvalue weighted by atomic mass is 9.87. The molecule has 1 aromatic carbocycles. The van der Waals surface area contributed by atoms with Crippen molar-refractivity contribution in [3.63, 3.8) is 0 Å². The Hall–Kier alpha value is -3.74. The quantitative estimate of drug-likeness (QED) is 0.482. The number of nitrogens with zero attached hydrogens (tertiary/aromatic N) is 5. The molecule has 0 spiro atoms. The van der Waals surface area contributed by atoms with E-state index in [4.69, 9.17) is 5.10 Å². The number of anilines is 2. The summed E-state index contributed by atoms with van der Waals surface area (Å²) in [6.07, 6.45) is 7.67. The summed E-state index contributed by atoms with van der Waals surface area (Å²) in [6.45, 7) is 7.41. The molecule has 0 aliphatic carbocycles. The van der Waals surface area contributed by atoms with Crippen LogP contribution in [-0.4, -0.2) is 32.0 Å². The summed E-state index contributed by atoms with van der Waals surface area (Å²) in [5.74, 6) is 1.19. The number of nitrogens with one attached hydrogen (secondary N) is 1. The van der Waals surface area contributed by atoms with Crippen LogP contribution in [0, 0.1) is 0 Å². The lowest BCUT2D eigenvalue weighted by molar-refractivity contribution is 0.102. The molecule has 3 aromatic heterocycles. The Morgan fingerprint density at radius 2 is 1.91 bits per heavy atom. The molecule has 1 aliphatic rings. The molecule has 0 saturated carbocycles. The van der Waals surface area contributed by atoms with Gasteiger partial charge in [-0.3, -0.25) is 9.78 Å². The lowest BCUT2D eigenvalue weighted by Gasteiger charge is -2.25. The van der Waals surface area contributed by atoms with Crippen LogP contribution >= 0.6 is 0 Å². The molecule has 4 heterocycles. The molecule has 1 fully saturated rings. The summed E-state index contributed by atoms with van der Waals surface area (Å²) in [5.41, 5.74) is 3.73. The first-order valence-electron chi connectivity index (χ1n) is 11.3. The Kier molecular flexibility index (Phi) is 5.32. The Bertz CT molecular complexity index is 1270. The van der Waals surface area contributed by atoms with Crippen molar-refractivity contribution in [1.82, 2.24) is 19.6 Å². The molecular formula is C26H28N6O. The third kappa shape index (κ3) is 4.31. The molecule has 168 valence electrons. The summed E-state index contributed by atoms with van der Waals surface area (Å²) in [5, 5.41) is 7.68. The maximum absolute atomic E-state index is 12.7. The van der Waals surface area contributed by atoms with Crippen molar-refractivity contribution in [2.75, 3.05) is 16.8 Å². The zero-order valence-corrected chi connectivity index (χ0v) is 19.2. The van der Waals surface area contributed by atoms with E-state index in [2.05, 4.69) is 47.0 Å². The van der Waals surface area contributed by atoms with Gasteiger partial charge in [-0.25, -0.2) is 9.50 Å². The van der Waals surface area contributed by atoms with Gasteiger partial charge in [-0.15, -0.1) is 5.10 Å². The van der Waals surface area contributed by atoms with Crippen LogP contribution in [0.15, 0.2) is 67.1 Å². The second-order valence-corrected chi connectivity index (χ2v) is 9.54. The number of pyridine rings is 1. The van der Waals surface area contributed by atoms with Crippen LogP contribution in [0.5, 0.6) is 0 Å². The van der Waals surface area contributed by atoms with Gasteiger partial charge in [0.05, 0.1) is 12.2 Å². The Morgan fingerprint density at radius 1 is 1.09 bits per heavy atom. The minimum atomic E-state index is -0.185. The average Bonchev–Trinajstić information content (AvgIpc) is 3.45. The summed E-state index contributed by atoms with van der Waals surface area (Å²) < 4.78 is 1.73. The highest BCUT2D eigenvalue weighted by Crippen LogP contribution is 2.34. The highest BCUT2D eigenvalue weighted by Gasteiger charge is 2.27. The van der Waals surface area contributed by atoms with Crippen molar-refractivity contribution in [2.24, 2.45) is 0 Å². The van der Waals surface area contributed by atoms with Gasteiger partial charge in [0.15, 0.2) is 11.5 Å². The number of fused-ring (bicyclic) bond motifs is 1. The van der Waals surface area contributed by atoms with E-state index >= 15 is 0 Å². The molecule has 5 rings (SSSR count).